The van der Waals surface area contributed by atoms with E-state index in [1.54, 1.807) is 24.3 Å². The molecule has 0 atom stereocenters. The van der Waals surface area contributed by atoms with Gasteiger partial charge in [0.05, 0.1) is 0 Å². The molecule has 0 aliphatic carbocycles. The maximum atomic E-state index is 11.4. The van der Waals surface area contributed by atoms with E-state index in [0.717, 1.165) is 0 Å². The fourth-order valence-corrected chi connectivity index (χ4v) is 1.33. The van der Waals surface area contributed by atoms with Crippen LogP contribution in [0.1, 0.15) is 5.56 Å². The normalized spacial score (nSPS) is 14.9. The molecule has 0 fully saturated rings. The van der Waals surface area contributed by atoms with Crippen LogP contribution in [0.3, 0.4) is 0 Å². The van der Waals surface area contributed by atoms with E-state index in [2.05, 4.69) is 4.99 Å². The molecule has 0 saturated heterocycles. The molecule has 0 unspecified atom stereocenters. The van der Waals surface area contributed by atoms with Crippen LogP contribution >= 0.6 is 23.2 Å². The summed E-state index contributed by atoms with van der Waals surface area (Å²) in [6.07, 6.45) is 0. The van der Waals surface area contributed by atoms with Gasteiger partial charge in [-0.15, -0.1) is 0 Å². The van der Waals surface area contributed by atoms with Crippen molar-refractivity contribution in [3.63, 3.8) is 0 Å². The summed E-state index contributed by atoms with van der Waals surface area (Å²) < 4.78 is 4.60. The topological polar surface area (TPSA) is 38.7 Å². The van der Waals surface area contributed by atoms with Crippen molar-refractivity contribution >= 4 is 34.9 Å². The number of hydrogen-bond acceptors (Lipinski definition) is 3. The van der Waals surface area contributed by atoms with Crippen LogP contribution in [0.25, 0.3) is 0 Å². The van der Waals surface area contributed by atoms with Crippen LogP contribution in [0.2, 0.25) is 0 Å². The van der Waals surface area contributed by atoms with Gasteiger partial charge in [0, 0.05) is 5.56 Å². The number of carbonyl (C=O) groups is 1. The fourth-order valence-electron chi connectivity index (χ4n) is 1.17. The molecular weight excluding hydrogens is 237 g/mol. The lowest BCUT2D eigenvalue weighted by molar-refractivity contribution is -0.130. The number of halogens is 2. The number of carbonyl (C=O) groups excluding carboxylic acids is 1. The Bertz CT molecular complexity index is 462. The second-order valence-electron chi connectivity index (χ2n) is 2.78. The number of rotatable bonds is 1. The molecule has 5 heteroatoms. The van der Waals surface area contributed by atoms with Crippen molar-refractivity contribution in [1.82, 2.24) is 0 Å². The summed E-state index contributed by atoms with van der Waals surface area (Å²) in [4.78, 5) is 15.3. The first-order valence-electron chi connectivity index (χ1n) is 4.10. The monoisotopic (exact) mass is 241 g/mol. The Kier molecular flexibility index (Phi) is 2.75. The average molecular weight is 242 g/mol. The number of hydrogen-bond donors (Lipinski definition) is 0. The van der Waals surface area contributed by atoms with Crippen molar-refractivity contribution in [2.75, 3.05) is 0 Å². The van der Waals surface area contributed by atoms with Crippen LogP contribution in [0.5, 0.6) is 0 Å². The van der Waals surface area contributed by atoms with Crippen LogP contribution in [0, 0.1) is 0 Å². The quantitative estimate of drug-likeness (QED) is 0.710. The van der Waals surface area contributed by atoms with E-state index in [1.165, 1.54) is 0 Å². The predicted molar refractivity (Wildman–Crippen MR) is 57.8 cm³/mol. The van der Waals surface area contributed by atoms with E-state index in [4.69, 9.17) is 27.9 Å². The Hall–Kier alpha value is -1.32. The third kappa shape index (κ3) is 2.03. The average Bonchev–Trinajstić information content (AvgIpc) is 2.62. The van der Waals surface area contributed by atoms with Crippen LogP contribution < -0.4 is 0 Å². The van der Waals surface area contributed by atoms with E-state index in [1.807, 2.05) is 6.07 Å². The van der Waals surface area contributed by atoms with E-state index in [0.29, 0.717) is 5.56 Å². The zero-order valence-electron chi connectivity index (χ0n) is 7.41. The van der Waals surface area contributed by atoms with E-state index >= 15 is 0 Å². The lowest BCUT2D eigenvalue weighted by Gasteiger charge is -1.94. The molecule has 1 aliphatic rings. The van der Waals surface area contributed by atoms with Crippen LogP contribution in [-0.4, -0.2) is 11.7 Å². The summed E-state index contributed by atoms with van der Waals surface area (Å²) in [6.45, 7) is 0. The van der Waals surface area contributed by atoms with Gasteiger partial charge in [-0.05, 0) is 0 Å². The molecule has 1 heterocycles. The van der Waals surface area contributed by atoms with Crippen molar-refractivity contribution < 1.29 is 9.53 Å². The van der Waals surface area contributed by atoms with Gasteiger partial charge in [-0.25, -0.2) is 9.79 Å². The maximum Gasteiger partial charge on any atom is 0.364 e. The molecule has 0 aromatic heterocycles. The Morgan fingerprint density at radius 2 is 1.87 bits per heavy atom. The van der Waals surface area contributed by atoms with Crippen LogP contribution in [0.15, 0.2) is 45.7 Å². The molecule has 2 rings (SSSR count). The van der Waals surface area contributed by atoms with Crippen LogP contribution in [-0.2, 0) is 9.53 Å². The zero-order chi connectivity index (χ0) is 10.8. The number of ether oxygens (including phenoxy) is 1. The summed E-state index contributed by atoms with van der Waals surface area (Å²) in [5, 5.41) is 0. The van der Waals surface area contributed by atoms with Crippen molar-refractivity contribution in [1.29, 1.82) is 0 Å². The molecule has 3 nitrogen and oxygen atoms in total. The van der Waals surface area contributed by atoms with Gasteiger partial charge in [-0.1, -0.05) is 53.5 Å². The lowest BCUT2D eigenvalue weighted by atomic mass is 10.1. The Balaban J connectivity index is 2.44. The number of aliphatic imine (C=N–C) groups is 1. The highest BCUT2D eigenvalue weighted by Crippen LogP contribution is 2.23. The summed E-state index contributed by atoms with van der Waals surface area (Å²) in [7, 11) is 0. The van der Waals surface area contributed by atoms with Gasteiger partial charge in [0.1, 0.15) is 0 Å². The summed E-state index contributed by atoms with van der Waals surface area (Å²) in [5.41, 5.74) is 0.886. The number of benzene rings is 1. The van der Waals surface area contributed by atoms with E-state index in [9.17, 15) is 4.79 Å². The molecular formula is C10H5Cl2NO2. The van der Waals surface area contributed by atoms with Gasteiger partial charge < -0.3 is 4.74 Å². The first-order chi connectivity index (χ1) is 7.18. The van der Waals surface area contributed by atoms with Gasteiger partial charge in [0.25, 0.3) is 5.88 Å². The molecule has 15 heavy (non-hydrogen) atoms. The molecule has 0 saturated carbocycles. The van der Waals surface area contributed by atoms with Gasteiger partial charge in [-0.2, -0.15) is 0 Å². The number of esters is 1. The second kappa shape index (κ2) is 4.04. The molecule has 0 N–H and O–H groups in total. The van der Waals surface area contributed by atoms with Gasteiger partial charge in [0.15, 0.2) is 10.2 Å². The highest BCUT2D eigenvalue weighted by molar-refractivity contribution is 6.56. The van der Waals surface area contributed by atoms with Gasteiger partial charge in [0.2, 0.25) is 0 Å². The smallest absolute Gasteiger partial charge is 0.364 e. The highest BCUT2D eigenvalue weighted by atomic mass is 35.5. The van der Waals surface area contributed by atoms with Crippen molar-refractivity contribution in [2.24, 2.45) is 4.99 Å². The minimum Gasteiger partial charge on any atom is -0.400 e. The number of nitrogens with zero attached hydrogens (tertiary/aromatic N) is 1. The minimum atomic E-state index is -0.546. The van der Waals surface area contributed by atoms with Crippen molar-refractivity contribution in [3.05, 3.63) is 46.3 Å². The Labute approximate surface area is 96.0 Å². The summed E-state index contributed by atoms with van der Waals surface area (Å²) in [5.74, 6) is -0.600. The summed E-state index contributed by atoms with van der Waals surface area (Å²) in [6, 6.07) is 8.95. The molecule has 76 valence electrons. The summed E-state index contributed by atoms with van der Waals surface area (Å²) >= 11 is 10.9. The largest absolute Gasteiger partial charge is 0.400 e. The molecule has 0 amide bonds. The van der Waals surface area contributed by atoms with E-state index < -0.39 is 5.97 Å². The molecule has 1 aromatic carbocycles. The van der Waals surface area contributed by atoms with Gasteiger partial charge >= 0.3 is 5.97 Å². The van der Waals surface area contributed by atoms with Crippen molar-refractivity contribution in [2.45, 2.75) is 0 Å². The Morgan fingerprint density at radius 1 is 1.20 bits per heavy atom. The second-order valence-corrected chi connectivity index (χ2v) is 3.73. The van der Waals surface area contributed by atoms with E-state index in [-0.39, 0.29) is 16.1 Å². The minimum absolute atomic E-state index is 0.0535. The standard InChI is InChI=1S/C10H5Cl2NO2/c11-8(12)9-13-7(10(14)15-9)6-4-2-1-3-5-6/h1-5H. The molecule has 0 bridgehead atoms. The fraction of sp³-hybridized carbons (Fsp3) is 0. The number of cyclic esters (lactones) is 1. The lowest BCUT2D eigenvalue weighted by Crippen LogP contribution is -2.10. The SMILES string of the molecule is O=C1OC(=C(Cl)Cl)N=C1c1ccccc1. The third-order valence-electron chi connectivity index (χ3n) is 1.80. The first-order valence-corrected chi connectivity index (χ1v) is 4.85. The zero-order valence-corrected chi connectivity index (χ0v) is 8.92. The Morgan fingerprint density at radius 3 is 2.40 bits per heavy atom. The predicted octanol–water partition coefficient (Wildman–Crippen LogP) is 2.64. The molecule has 0 radical (unpaired) electrons. The molecule has 1 aliphatic heterocycles. The third-order valence-corrected chi connectivity index (χ3v) is 2.13. The van der Waals surface area contributed by atoms with Gasteiger partial charge in [-0.3, -0.25) is 0 Å². The highest BCUT2D eigenvalue weighted by Gasteiger charge is 2.26. The van der Waals surface area contributed by atoms with Crippen molar-refractivity contribution in [3.8, 4) is 0 Å². The molecule has 0 spiro atoms. The maximum absolute atomic E-state index is 11.4. The van der Waals surface area contributed by atoms with Crippen LogP contribution in [0.4, 0.5) is 0 Å². The first kappa shape index (κ1) is 10.2. The molecule has 1 aromatic rings.